The Balaban J connectivity index is 3.50. The molecule has 0 saturated heterocycles. The zero-order valence-corrected chi connectivity index (χ0v) is 12.4. The number of hydrogen-bond acceptors (Lipinski definition) is 1. The smallest absolute Gasteiger partial charge is 0.222 e. The molecule has 0 aromatic heterocycles. The molecule has 0 spiro atoms. The fraction of sp³-hybridized carbons (Fsp3) is 0.933. The Morgan fingerprint density at radius 1 is 0.882 bits per heavy atom. The molecular weight excluding hydrogens is 210 g/mol. The highest BCUT2D eigenvalue weighted by atomic mass is 16.1. The van der Waals surface area contributed by atoms with Crippen molar-refractivity contribution in [3.05, 3.63) is 0 Å². The monoisotopic (exact) mass is 241 g/mol. The lowest BCUT2D eigenvalue weighted by Gasteiger charge is -2.13. The summed E-state index contributed by atoms with van der Waals surface area (Å²) in [6.07, 6.45) is 6.09. The largest absolute Gasteiger partial charge is 0.356 e. The van der Waals surface area contributed by atoms with Crippen LogP contribution in [0.2, 0.25) is 0 Å². The van der Waals surface area contributed by atoms with Crippen LogP contribution >= 0.6 is 0 Å². The Kier molecular flexibility index (Phi) is 9.20. The molecule has 0 aliphatic rings. The van der Waals surface area contributed by atoms with Crippen LogP contribution < -0.4 is 5.32 Å². The molecule has 102 valence electrons. The summed E-state index contributed by atoms with van der Waals surface area (Å²) in [6, 6.07) is 0. The predicted molar refractivity (Wildman–Crippen MR) is 74.9 cm³/mol. The number of unbranched alkanes of at least 4 members (excludes halogenated alkanes) is 2. The Bertz CT molecular complexity index is 199. The van der Waals surface area contributed by atoms with Gasteiger partial charge in [0.15, 0.2) is 0 Å². The minimum Gasteiger partial charge on any atom is -0.356 e. The van der Waals surface area contributed by atoms with Crippen LogP contribution in [0.15, 0.2) is 0 Å². The van der Waals surface area contributed by atoms with Gasteiger partial charge < -0.3 is 5.32 Å². The van der Waals surface area contributed by atoms with Crippen molar-refractivity contribution in [3.63, 3.8) is 0 Å². The molecule has 2 nitrogen and oxygen atoms in total. The van der Waals surface area contributed by atoms with E-state index in [2.05, 4.69) is 33.0 Å². The number of carbonyl (C=O) groups is 1. The molecule has 0 saturated carbocycles. The lowest BCUT2D eigenvalue weighted by molar-refractivity contribution is -0.124. The Hall–Kier alpha value is -0.530. The first-order chi connectivity index (χ1) is 7.93. The minimum absolute atomic E-state index is 0.174. The second kappa shape index (κ2) is 9.49. The molecule has 0 aliphatic heterocycles. The molecule has 1 N–H and O–H groups in total. The highest BCUT2D eigenvalue weighted by Crippen LogP contribution is 2.13. The SMILES string of the molecule is CC(C)CCCCC[C@@H](C)C(=O)NCC(C)C. The topological polar surface area (TPSA) is 29.1 Å². The average Bonchev–Trinajstić information content (AvgIpc) is 2.24. The van der Waals surface area contributed by atoms with E-state index < -0.39 is 0 Å². The molecule has 0 radical (unpaired) electrons. The molecule has 0 bridgehead atoms. The van der Waals surface area contributed by atoms with E-state index in [1.165, 1.54) is 25.7 Å². The first-order valence-corrected chi connectivity index (χ1v) is 7.21. The Morgan fingerprint density at radius 2 is 1.47 bits per heavy atom. The summed E-state index contributed by atoms with van der Waals surface area (Å²) >= 11 is 0. The average molecular weight is 241 g/mol. The summed E-state index contributed by atoms with van der Waals surface area (Å²) in [7, 11) is 0. The van der Waals surface area contributed by atoms with E-state index in [0.717, 1.165) is 18.9 Å². The molecule has 0 heterocycles. The molecule has 2 heteroatoms. The van der Waals surface area contributed by atoms with E-state index in [0.29, 0.717) is 5.92 Å². The second-order valence-corrected chi connectivity index (χ2v) is 6.07. The van der Waals surface area contributed by atoms with Gasteiger partial charge >= 0.3 is 0 Å². The van der Waals surface area contributed by atoms with Crippen molar-refractivity contribution in [3.8, 4) is 0 Å². The van der Waals surface area contributed by atoms with Gasteiger partial charge in [-0.1, -0.05) is 60.3 Å². The van der Waals surface area contributed by atoms with Gasteiger partial charge in [-0.05, 0) is 18.3 Å². The molecule has 0 aliphatic carbocycles. The van der Waals surface area contributed by atoms with Crippen molar-refractivity contribution in [1.29, 1.82) is 0 Å². The summed E-state index contributed by atoms with van der Waals surface area (Å²) in [5.74, 6) is 1.74. The van der Waals surface area contributed by atoms with Crippen LogP contribution in [0, 0.1) is 17.8 Å². The molecule has 0 fully saturated rings. The molecule has 1 atom stereocenters. The maximum absolute atomic E-state index is 11.7. The van der Waals surface area contributed by atoms with Crippen LogP contribution in [0.3, 0.4) is 0 Å². The zero-order valence-electron chi connectivity index (χ0n) is 12.4. The lowest BCUT2D eigenvalue weighted by atomic mass is 9.99. The lowest BCUT2D eigenvalue weighted by Crippen LogP contribution is -2.32. The van der Waals surface area contributed by atoms with E-state index in [4.69, 9.17) is 0 Å². The van der Waals surface area contributed by atoms with Gasteiger partial charge in [0.05, 0.1) is 0 Å². The third kappa shape index (κ3) is 10.3. The molecule has 0 aromatic carbocycles. The van der Waals surface area contributed by atoms with Gasteiger partial charge in [-0.15, -0.1) is 0 Å². The number of hydrogen-bond donors (Lipinski definition) is 1. The van der Waals surface area contributed by atoms with Crippen LogP contribution in [0.1, 0.15) is 66.7 Å². The number of amides is 1. The molecular formula is C15H31NO. The maximum atomic E-state index is 11.7. The molecule has 1 amide bonds. The summed E-state index contributed by atoms with van der Waals surface area (Å²) in [6.45, 7) is 11.6. The van der Waals surface area contributed by atoms with Crippen molar-refractivity contribution in [1.82, 2.24) is 5.32 Å². The quantitative estimate of drug-likeness (QED) is 0.607. The summed E-state index contributed by atoms with van der Waals surface area (Å²) in [5, 5.41) is 3.00. The van der Waals surface area contributed by atoms with Crippen LogP contribution in [-0.2, 0) is 4.79 Å². The van der Waals surface area contributed by atoms with Crippen molar-refractivity contribution in [2.45, 2.75) is 66.7 Å². The summed E-state index contributed by atoms with van der Waals surface area (Å²) < 4.78 is 0. The van der Waals surface area contributed by atoms with Gasteiger partial charge in [-0.25, -0.2) is 0 Å². The van der Waals surface area contributed by atoms with E-state index >= 15 is 0 Å². The van der Waals surface area contributed by atoms with Crippen LogP contribution in [-0.4, -0.2) is 12.5 Å². The standard InChI is InChI=1S/C15H31NO/c1-12(2)9-7-6-8-10-14(5)15(17)16-11-13(3)4/h12-14H,6-11H2,1-5H3,(H,16,17)/t14-/m1/s1. The minimum atomic E-state index is 0.174. The zero-order chi connectivity index (χ0) is 13.3. The third-order valence-corrected chi connectivity index (χ3v) is 3.05. The van der Waals surface area contributed by atoms with Crippen molar-refractivity contribution < 1.29 is 4.79 Å². The highest BCUT2D eigenvalue weighted by Gasteiger charge is 2.12. The van der Waals surface area contributed by atoms with E-state index in [1.807, 2.05) is 6.92 Å². The van der Waals surface area contributed by atoms with Gasteiger partial charge in [-0.2, -0.15) is 0 Å². The number of carbonyl (C=O) groups excluding carboxylic acids is 1. The summed E-state index contributed by atoms with van der Waals surface area (Å²) in [5.41, 5.74) is 0. The first kappa shape index (κ1) is 16.5. The first-order valence-electron chi connectivity index (χ1n) is 7.21. The van der Waals surface area contributed by atoms with Crippen LogP contribution in [0.5, 0.6) is 0 Å². The van der Waals surface area contributed by atoms with Crippen molar-refractivity contribution >= 4 is 5.91 Å². The van der Waals surface area contributed by atoms with E-state index in [-0.39, 0.29) is 11.8 Å². The van der Waals surface area contributed by atoms with Gasteiger partial charge in [0.1, 0.15) is 0 Å². The number of nitrogens with one attached hydrogen (secondary N) is 1. The van der Waals surface area contributed by atoms with Gasteiger partial charge in [0.25, 0.3) is 0 Å². The highest BCUT2D eigenvalue weighted by molar-refractivity contribution is 5.78. The van der Waals surface area contributed by atoms with Crippen LogP contribution in [0.4, 0.5) is 0 Å². The predicted octanol–water partition coefficient (Wildman–Crippen LogP) is 4.00. The van der Waals surface area contributed by atoms with E-state index in [9.17, 15) is 4.79 Å². The fourth-order valence-corrected chi connectivity index (χ4v) is 1.79. The fourth-order valence-electron chi connectivity index (χ4n) is 1.79. The Morgan fingerprint density at radius 3 is 2.00 bits per heavy atom. The molecule has 0 unspecified atom stereocenters. The maximum Gasteiger partial charge on any atom is 0.222 e. The van der Waals surface area contributed by atoms with Crippen LogP contribution in [0.25, 0.3) is 0 Å². The van der Waals surface area contributed by atoms with Crippen molar-refractivity contribution in [2.24, 2.45) is 17.8 Å². The molecule has 0 rings (SSSR count). The van der Waals surface area contributed by atoms with Gasteiger partial charge in [-0.3, -0.25) is 4.79 Å². The third-order valence-electron chi connectivity index (χ3n) is 3.05. The van der Waals surface area contributed by atoms with E-state index in [1.54, 1.807) is 0 Å². The second-order valence-electron chi connectivity index (χ2n) is 6.07. The van der Waals surface area contributed by atoms with Gasteiger partial charge in [0.2, 0.25) is 5.91 Å². The molecule has 0 aromatic rings. The number of rotatable bonds is 9. The van der Waals surface area contributed by atoms with Gasteiger partial charge in [0, 0.05) is 12.5 Å². The van der Waals surface area contributed by atoms with Crippen molar-refractivity contribution in [2.75, 3.05) is 6.54 Å². The summed E-state index contributed by atoms with van der Waals surface area (Å²) in [4.78, 5) is 11.7. The Labute approximate surface area is 108 Å². The normalized spacial score (nSPS) is 13.1. The molecule has 17 heavy (non-hydrogen) atoms.